The zero-order valence-corrected chi connectivity index (χ0v) is 13.0. The maximum atomic E-state index is 11.8. The first-order chi connectivity index (χ1) is 9.61. The molecule has 0 aromatic heterocycles. The number of hydrogen-bond acceptors (Lipinski definition) is 5. The predicted octanol–water partition coefficient (Wildman–Crippen LogP) is 3.41. The smallest absolute Gasteiger partial charge is 0.340 e. The van der Waals surface area contributed by atoms with E-state index in [1.165, 1.54) is 32.1 Å². The van der Waals surface area contributed by atoms with Crippen LogP contribution in [0.5, 0.6) is 0 Å². The van der Waals surface area contributed by atoms with Crippen LogP contribution in [0, 0.1) is 0 Å². The Bertz CT molecular complexity index is 490. The molecule has 1 aromatic carbocycles. The lowest BCUT2D eigenvalue weighted by Gasteiger charge is -2.23. The van der Waals surface area contributed by atoms with Crippen LogP contribution < -0.4 is 11.1 Å². The third-order valence-electron chi connectivity index (χ3n) is 3.30. The fourth-order valence-electron chi connectivity index (χ4n) is 2.26. The third kappa shape index (κ3) is 3.73. The second-order valence-electron chi connectivity index (χ2n) is 4.79. The van der Waals surface area contributed by atoms with E-state index in [1.54, 1.807) is 12.1 Å². The van der Waals surface area contributed by atoms with Gasteiger partial charge in [0.15, 0.2) is 0 Å². The first-order valence-corrected chi connectivity index (χ1v) is 8.07. The molecule has 0 amide bonds. The molecule has 1 unspecified atom stereocenters. The van der Waals surface area contributed by atoms with E-state index in [0.717, 1.165) is 6.54 Å². The minimum absolute atomic E-state index is 0.387. The summed E-state index contributed by atoms with van der Waals surface area (Å²) in [5.74, 6) is 0.768. The summed E-state index contributed by atoms with van der Waals surface area (Å²) in [7, 11) is 1.35. The van der Waals surface area contributed by atoms with Gasteiger partial charge in [-0.15, -0.1) is 0 Å². The minimum atomic E-state index is -0.432. The van der Waals surface area contributed by atoms with Crippen LogP contribution in [0.25, 0.3) is 0 Å². The normalized spacial score (nSPS) is 18.6. The van der Waals surface area contributed by atoms with Crippen LogP contribution in [0.3, 0.4) is 0 Å². The topological polar surface area (TPSA) is 64.3 Å². The molecule has 0 bridgehead atoms. The zero-order valence-electron chi connectivity index (χ0n) is 11.4. The predicted molar refractivity (Wildman–Crippen MR) is 85.8 cm³/mol. The van der Waals surface area contributed by atoms with Gasteiger partial charge in [-0.2, -0.15) is 11.8 Å². The molecule has 1 aliphatic heterocycles. The minimum Gasteiger partial charge on any atom is -0.465 e. The fraction of sp³-hybridized carbons (Fsp3) is 0.500. The second kappa shape index (κ2) is 7.09. The average Bonchev–Trinajstić information content (AvgIpc) is 2.46. The van der Waals surface area contributed by atoms with Gasteiger partial charge < -0.3 is 15.8 Å². The number of thioether (sulfide) groups is 1. The number of esters is 1. The van der Waals surface area contributed by atoms with Crippen molar-refractivity contribution in [2.24, 2.45) is 0 Å². The van der Waals surface area contributed by atoms with E-state index in [2.05, 4.69) is 5.32 Å². The van der Waals surface area contributed by atoms with Gasteiger partial charge in [-0.1, -0.05) is 18.0 Å². The van der Waals surface area contributed by atoms with Gasteiger partial charge in [-0.05, 0) is 30.7 Å². The number of anilines is 2. The quantitative estimate of drug-likeness (QED) is 0.658. The van der Waals surface area contributed by atoms with Crippen molar-refractivity contribution in [3.63, 3.8) is 0 Å². The summed E-state index contributed by atoms with van der Waals surface area (Å²) in [5, 5.41) is 4.29. The third-order valence-corrected chi connectivity index (χ3v) is 4.99. The second-order valence-corrected chi connectivity index (χ2v) is 6.60. The summed E-state index contributed by atoms with van der Waals surface area (Å²) in [6, 6.07) is 3.23. The van der Waals surface area contributed by atoms with Gasteiger partial charge in [0.1, 0.15) is 0 Å². The molecule has 20 heavy (non-hydrogen) atoms. The standard InChI is InChI=1S/C14H19ClN2O2S/c1-19-14(18)11-6-9(16)7-12(15)13(11)17-8-10-4-2-3-5-20-10/h6-7,10,17H,2-5,8,16H2,1H3. The number of hydrogen-bond donors (Lipinski definition) is 2. The highest BCUT2D eigenvalue weighted by molar-refractivity contribution is 7.99. The summed E-state index contributed by atoms with van der Waals surface area (Å²) in [6.45, 7) is 0.790. The Morgan fingerprint density at radius 2 is 2.35 bits per heavy atom. The lowest BCUT2D eigenvalue weighted by atomic mass is 10.1. The van der Waals surface area contributed by atoms with Gasteiger partial charge in [-0.25, -0.2) is 4.79 Å². The number of nitrogen functional groups attached to an aromatic ring is 1. The molecule has 0 radical (unpaired) electrons. The summed E-state index contributed by atoms with van der Waals surface area (Å²) in [4.78, 5) is 11.8. The molecule has 0 aliphatic carbocycles. The van der Waals surface area contributed by atoms with Crippen LogP contribution >= 0.6 is 23.4 Å². The van der Waals surface area contributed by atoms with E-state index in [9.17, 15) is 4.79 Å². The summed E-state index contributed by atoms with van der Waals surface area (Å²) in [6.07, 6.45) is 3.74. The summed E-state index contributed by atoms with van der Waals surface area (Å²) >= 11 is 8.16. The van der Waals surface area contributed by atoms with E-state index in [0.29, 0.717) is 27.2 Å². The van der Waals surface area contributed by atoms with Crippen LogP contribution in [0.1, 0.15) is 29.6 Å². The lowest BCUT2D eigenvalue weighted by Crippen LogP contribution is -2.21. The van der Waals surface area contributed by atoms with Crippen LogP contribution in [0.4, 0.5) is 11.4 Å². The lowest BCUT2D eigenvalue weighted by molar-refractivity contribution is 0.0602. The Hall–Kier alpha value is -1.07. The molecule has 4 nitrogen and oxygen atoms in total. The Balaban J connectivity index is 2.14. The van der Waals surface area contributed by atoms with E-state index in [-0.39, 0.29) is 0 Å². The van der Waals surface area contributed by atoms with Crippen LogP contribution in [-0.4, -0.2) is 30.6 Å². The highest BCUT2D eigenvalue weighted by Crippen LogP contribution is 2.31. The molecule has 110 valence electrons. The van der Waals surface area contributed by atoms with Gasteiger partial charge in [0.25, 0.3) is 0 Å². The van der Waals surface area contributed by atoms with Crippen LogP contribution in [0.15, 0.2) is 12.1 Å². The number of carbonyl (C=O) groups excluding carboxylic acids is 1. The molecule has 1 fully saturated rings. The first kappa shape index (κ1) is 15.3. The zero-order chi connectivity index (χ0) is 14.5. The number of ether oxygens (including phenoxy) is 1. The Labute approximate surface area is 128 Å². The van der Waals surface area contributed by atoms with Crippen LogP contribution in [0.2, 0.25) is 5.02 Å². The van der Waals surface area contributed by atoms with E-state index < -0.39 is 5.97 Å². The maximum absolute atomic E-state index is 11.8. The fourth-order valence-corrected chi connectivity index (χ4v) is 3.80. The van der Waals surface area contributed by atoms with Crippen molar-refractivity contribution in [1.82, 2.24) is 0 Å². The molecule has 2 rings (SSSR count). The molecule has 1 atom stereocenters. The highest BCUT2D eigenvalue weighted by atomic mass is 35.5. The Kier molecular flexibility index (Phi) is 5.43. The van der Waals surface area contributed by atoms with Crippen molar-refractivity contribution >= 4 is 40.7 Å². The van der Waals surface area contributed by atoms with Crippen molar-refractivity contribution in [3.05, 3.63) is 22.7 Å². The van der Waals surface area contributed by atoms with Gasteiger partial charge in [-0.3, -0.25) is 0 Å². The van der Waals surface area contributed by atoms with Crippen molar-refractivity contribution in [2.75, 3.05) is 30.5 Å². The number of nitrogens with one attached hydrogen (secondary N) is 1. The Morgan fingerprint density at radius 1 is 1.55 bits per heavy atom. The molecule has 6 heteroatoms. The van der Waals surface area contributed by atoms with Crippen molar-refractivity contribution in [2.45, 2.75) is 24.5 Å². The number of methoxy groups -OCH3 is 1. The van der Waals surface area contributed by atoms with Gasteiger partial charge in [0, 0.05) is 17.5 Å². The molecule has 1 aromatic rings. The Morgan fingerprint density at radius 3 is 3.00 bits per heavy atom. The van der Waals surface area contributed by atoms with Crippen molar-refractivity contribution in [3.8, 4) is 0 Å². The number of halogens is 1. The molecule has 1 heterocycles. The largest absolute Gasteiger partial charge is 0.465 e. The summed E-state index contributed by atoms with van der Waals surface area (Å²) < 4.78 is 4.78. The number of carbonyl (C=O) groups is 1. The SMILES string of the molecule is COC(=O)c1cc(N)cc(Cl)c1NCC1CCCCS1. The van der Waals surface area contributed by atoms with Gasteiger partial charge >= 0.3 is 5.97 Å². The molecule has 1 saturated heterocycles. The maximum Gasteiger partial charge on any atom is 0.340 e. The number of nitrogens with two attached hydrogens (primary N) is 1. The van der Waals surface area contributed by atoms with E-state index in [1.807, 2.05) is 11.8 Å². The molecule has 1 aliphatic rings. The molecular formula is C14H19ClN2O2S. The van der Waals surface area contributed by atoms with Gasteiger partial charge in [0.05, 0.1) is 23.4 Å². The van der Waals surface area contributed by atoms with Gasteiger partial charge in [0.2, 0.25) is 0 Å². The first-order valence-electron chi connectivity index (χ1n) is 6.64. The monoisotopic (exact) mass is 314 g/mol. The van der Waals surface area contributed by atoms with E-state index >= 15 is 0 Å². The van der Waals surface area contributed by atoms with Crippen molar-refractivity contribution in [1.29, 1.82) is 0 Å². The number of benzene rings is 1. The average molecular weight is 315 g/mol. The molecule has 3 N–H and O–H groups in total. The number of rotatable bonds is 4. The molecule has 0 saturated carbocycles. The highest BCUT2D eigenvalue weighted by Gasteiger charge is 2.19. The molecular weight excluding hydrogens is 296 g/mol. The van der Waals surface area contributed by atoms with E-state index in [4.69, 9.17) is 22.1 Å². The summed E-state index contributed by atoms with van der Waals surface area (Å²) in [5.41, 5.74) is 7.18. The van der Waals surface area contributed by atoms with Crippen molar-refractivity contribution < 1.29 is 9.53 Å². The van der Waals surface area contributed by atoms with Crippen LogP contribution in [-0.2, 0) is 4.74 Å². The molecule has 0 spiro atoms.